The molecule has 0 bridgehead atoms. The van der Waals surface area contributed by atoms with Crippen LogP contribution in [0.15, 0.2) is 0 Å². The molecule has 2 aliphatic rings. The SMILES string of the molecule is SCC1CC2(CCNC2)C1. The van der Waals surface area contributed by atoms with Crippen LogP contribution in [-0.2, 0) is 0 Å². The average molecular weight is 157 g/mol. The molecule has 0 radical (unpaired) electrons. The fourth-order valence-electron chi connectivity index (χ4n) is 2.44. The van der Waals surface area contributed by atoms with Gasteiger partial charge in [0.15, 0.2) is 0 Å². The molecule has 1 aliphatic carbocycles. The third-order valence-electron chi connectivity index (χ3n) is 3.03. The first-order valence-corrected chi connectivity index (χ1v) is 4.79. The predicted molar refractivity (Wildman–Crippen MR) is 46.5 cm³/mol. The number of thiol groups is 1. The van der Waals surface area contributed by atoms with Crippen molar-refractivity contribution in [2.75, 3.05) is 18.8 Å². The number of hydrogen-bond acceptors (Lipinski definition) is 2. The number of nitrogens with one attached hydrogen (secondary N) is 1. The minimum Gasteiger partial charge on any atom is -0.316 e. The van der Waals surface area contributed by atoms with E-state index in [0.717, 1.165) is 17.1 Å². The van der Waals surface area contributed by atoms with Crippen LogP contribution in [0, 0.1) is 11.3 Å². The van der Waals surface area contributed by atoms with E-state index in [2.05, 4.69) is 17.9 Å². The molecule has 0 aromatic heterocycles. The van der Waals surface area contributed by atoms with Crippen LogP contribution in [0.5, 0.6) is 0 Å². The Hall–Kier alpha value is 0.310. The Morgan fingerprint density at radius 1 is 1.50 bits per heavy atom. The zero-order valence-corrected chi connectivity index (χ0v) is 7.16. The number of rotatable bonds is 1. The fraction of sp³-hybridized carbons (Fsp3) is 1.00. The predicted octanol–water partition coefficient (Wildman–Crippen LogP) is 1.31. The third kappa shape index (κ3) is 0.978. The molecular formula is C8H15NS. The van der Waals surface area contributed by atoms with E-state index in [-0.39, 0.29) is 0 Å². The molecule has 1 spiro atoms. The lowest BCUT2D eigenvalue weighted by atomic mass is 9.62. The molecule has 2 rings (SSSR count). The average Bonchev–Trinajstić information content (AvgIpc) is 2.30. The van der Waals surface area contributed by atoms with E-state index in [1.165, 1.54) is 32.4 Å². The van der Waals surface area contributed by atoms with Gasteiger partial charge in [-0.05, 0) is 42.9 Å². The lowest BCUT2D eigenvalue weighted by Gasteiger charge is -2.44. The van der Waals surface area contributed by atoms with Crippen molar-refractivity contribution in [1.82, 2.24) is 5.32 Å². The molecule has 1 nitrogen and oxygen atoms in total. The minimum atomic E-state index is 0.730. The Balaban J connectivity index is 1.86. The minimum absolute atomic E-state index is 0.730. The molecule has 1 aliphatic heterocycles. The van der Waals surface area contributed by atoms with Gasteiger partial charge in [0, 0.05) is 6.54 Å². The summed E-state index contributed by atoms with van der Waals surface area (Å²) in [6.45, 7) is 2.52. The van der Waals surface area contributed by atoms with Gasteiger partial charge in [-0.15, -0.1) is 0 Å². The lowest BCUT2D eigenvalue weighted by molar-refractivity contribution is 0.0931. The summed E-state index contributed by atoms with van der Waals surface area (Å²) >= 11 is 4.30. The van der Waals surface area contributed by atoms with Crippen molar-refractivity contribution in [2.24, 2.45) is 11.3 Å². The molecule has 58 valence electrons. The van der Waals surface area contributed by atoms with Gasteiger partial charge in [-0.2, -0.15) is 12.6 Å². The van der Waals surface area contributed by atoms with Crippen molar-refractivity contribution >= 4 is 12.6 Å². The highest BCUT2D eigenvalue weighted by atomic mass is 32.1. The van der Waals surface area contributed by atoms with Crippen LogP contribution in [0.2, 0.25) is 0 Å². The maximum absolute atomic E-state index is 4.30. The van der Waals surface area contributed by atoms with Gasteiger partial charge in [0.25, 0.3) is 0 Å². The van der Waals surface area contributed by atoms with Crippen LogP contribution >= 0.6 is 12.6 Å². The summed E-state index contributed by atoms with van der Waals surface area (Å²) < 4.78 is 0. The summed E-state index contributed by atoms with van der Waals surface area (Å²) in [5.41, 5.74) is 0.730. The summed E-state index contributed by atoms with van der Waals surface area (Å²) in [6.07, 6.45) is 4.28. The van der Waals surface area contributed by atoms with E-state index in [1.54, 1.807) is 0 Å². The normalized spacial score (nSPS) is 45.9. The topological polar surface area (TPSA) is 12.0 Å². The van der Waals surface area contributed by atoms with Crippen molar-refractivity contribution < 1.29 is 0 Å². The van der Waals surface area contributed by atoms with Gasteiger partial charge < -0.3 is 5.32 Å². The highest BCUT2D eigenvalue weighted by Gasteiger charge is 2.44. The van der Waals surface area contributed by atoms with Gasteiger partial charge in [0.2, 0.25) is 0 Å². The summed E-state index contributed by atoms with van der Waals surface area (Å²) in [5, 5.41) is 3.43. The van der Waals surface area contributed by atoms with Crippen molar-refractivity contribution in [3.8, 4) is 0 Å². The second kappa shape index (κ2) is 2.42. The zero-order chi connectivity index (χ0) is 7.03. The molecule has 0 atom stereocenters. The zero-order valence-electron chi connectivity index (χ0n) is 6.27. The molecular weight excluding hydrogens is 142 g/mol. The van der Waals surface area contributed by atoms with E-state index in [0.29, 0.717) is 0 Å². The Morgan fingerprint density at radius 2 is 2.30 bits per heavy atom. The van der Waals surface area contributed by atoms with Crippen LogP contribution in [-0.4, -0.2) is 18.8 Å². The summed E-state index contributed by atoms with van der Waals surface area (Å²) in [6, 6.07) is 0. The lowest BCUT2D eigenvalue weighted by Crippen LogP contribution is -2.39. The van der Waals surface area contributed by atoms with E-state index in [1.807, 2.05) is 0 Å². The molecule has 1 saturated heterocycles. The largest absolute Gasteiger partial charge is 0.316 e. The van der Waals surface area contributed by atoms with Gasteiger partial charge in [-0.1, -0.05) is 0 Å². The first-order valence-electron chi connectivity index (χ1n) is 4.16. The van der Waals surface area contributed by atoms with Crippen LogP contribution in [0.25, 0.3) is 0 Å². The van der Waals surface area contributed by atoms with Crippen LogP contribution in [0.3, 0.4) is 0 Å². The van der Waals surface area contributed by atoms with Crippen molar-refractivity contribution in [2.45, 2.75) is 19.3 Å². The smallest absolute Gasteiger partial charge is 0.000850 e. The highest BCUT2D eigenvalue weighted by Crippen LogP contribution is 2.49. The molecule has 2 fully saturated rings. The molecule has 0 unspecified atom stereocenters. The Labute approximate surface area is 68.0 Å². The van der Waals surface area contributed by atoms with Gasteiger partial charge in [-0.25, -0.2) is 0 Å². The maximum atomic E-state index is 4.30. The van der Waals surface area contributed by atoms with Crippen molar-refractivity contribution in [3.05, 3.63) is 0 Å². The van der Waals surface area contributed by atoms with Gasteiger partial charge in [0.1, 0.15) is 0 Å². The Morgan fingerprint density at radius 3 is 2.80 bits per heavy atom. The molecule has 1 N–H and O–H groups in total. The number of hydrogen-bond donors (Lipinski definition) is 2. The second-order valence-electron chi connectivity index (χ2n) is 3.88. The molecule has 2 heteroatoms. The van der Waals surface area contributed by atoms with Crippen LogP contribution in [0.1, 0.15) is 19.3 Å². The van der Waals surface area contributed by atoms with Gasteiger partial charge in [0.05, 0.1) is 0 Å². The molecule has 10 heavy (non-hydrogen) atoms. The molecule has 1 heterocycles. The first-order chi connectivity index (χ1) is 4.85. The van der Waals surface area contributed by atoms with E-state index in [4.69, 9.17) is 0 Å². The summed E-state index contributed by atoms with van der Waals surface area (Å²) in [5.74, 6) is 2.03. The van der Waals surface area contributed by atoms with Crippen molar-refractivity contribution in [1.29, 1.82) is 0 Å². The molecule has 0 aromatic rings. The van der Waals surface area contributed by atoms with Crippen molar-refractivity contribution in [3.63, 3.8) is 0 Å². The fourth-order valence-corrected chi connectivity index (χ4v) is 2.70. The standard InChI is InChI=1S/C8H15NS/c10-5-7-3-8(4-7)1-2-9-6-8/h7,9-10H,1-6H2. The Bertz CT molecular complexity index is 121. The quantitative estimate of drug-likeness (QED) is 0.547. The summed E-state index contributed by atoms with van der Waals surface area (Å²) in [4.78, 5) is 0. The summed E-state index contributed by atoms with van der Waals surface area (Å²) in [7, 11) is 0. The molecule has 1 saturated carbocycles. The molecule has 0 amide bonds. The van der Waals surface area contributed by atoms with E-state index in [9.17, 15) is 0 Å². The Kier molecular flexibility index (Phi) is 1.69. The second-order valence-corrected chi connectivity index (χ2v) is 4.25. The third-order valence-corrected chi connectivity index (χ3v) is 3.55. The van der Waals surface area contributed by atoms with E-state index < -0.39 is 0 Å². The van der Waals surface area contributed by atoms with E-state index >= 15 is 0 Å². The van der Waals surface area contributed by atoms with Crippen LogP contribution in [0.4, 0.5) is 0 Å². The maximum Gasteiger partial charge on any atom is 0.000850 e. The van der Waals surface area contributed by atoms with Crippen LogP contribution < -0.4 is 5.32 Å². The monoisotopic (exact) mass is 157 g/mol. The first kappa shape index (κ1) is 6.99. The van der Waals surface area contributed by atoms with Gasteiger partial charge in [-0.3, -0.25) is 0 Å². The molecule has 0 aromatic carbocycles. The highest BCUT2D eigenvalue weighted by molar-refractivity contribution is 7.80. The van der Waals surface area contributed by atoms with Gasteiger partial charge >= 0.3 is 0 Å².